The molecule has 1 aromatic rings. The van der Waals surface area contributed by atoms with Crippen molar-refractivity contribution in [3.8, 4) is 0 Å². The summed E-state index contributed by atoms with van der Waals surface area (Å²) in [6, 6.07) is 0. The third kappa shape index (κ3) is 1.07. The zero-order valence-electron chi connectivity index (χ0n) is 5.00. The fourth-order valence-electron chi connectivity index (χ4n) is 0.475. The van der Waals surface area contributed by atoms with Crippen molar-refractivity contribution in [2.75, 3.05) is 0 Å². The topological polar surface area (TPSA) is 61.8 Å². The lowest BCUT2D eigenvalue weighted by Gasteiger charge is -1.86. The van der Waals surface area contributed by atoms with Gasteiger partial charge in [0.25, 0.3) is 0 Å². The molecule has 2 N–H and O–H groups in total. The number of aromatic amines is 1. The molecule has 0 saturated carbocycles. The second kappa shape index (κ2) is 2.30. The average Bonchev–Trinajstić information content (AvgIpc) is 2.37. The van der Waals surface area contributed by atoms with Gasteiger partial charge in [-0.2, -0.15) is 0 Å². The quantitative estimate of drug-likeness (QED) is 0.544. The maximum absolute atomic E-state index is 8.96. The normalized spacial score (nSPS) is 11.9. The van der Waals surface area contributed by atoms with Crippen molar-refractivity contribution in [1.82, 2.24) is 15.4 Å². The van der Waals surface area contributed by atoms with E-state index in [1.54, 1.807) is 13.0 Å². The summed E-state index contributed by atoms with van der Waals surface area (Å²) in [7, 11) is 0. The minimum atomic E-state index is 0.142. The van der Waals surface area contributed by atoms with Gasteiger partial charge >= 0.3 is 0 Å². The molecule has 0 aliphatic heterocycles. The Bertz CT molecular complexity index is 202. The smallest absolute Gasteiger partial charge is 0.146 e. The molecule has 0 aliphatic carbocycles. The lowest BCUT2D eigenvalue weighted by Crippen LogP contribution is -1.80. The van der Waals surface area contributed by atoms with Gasteiger partial charge in [0.15, 0.2) is 0 Å². The highest BCUT2D eigenvalue weighted by atomic mass is 16.3. The Kier molecular flexibility index (Phi) is 1.48. The second-order valence-electron chi connectivity index (χ2n) is 1.53. The summed E-state index contributed by atoms with van der Waals surface area (Å²) >= 11 is 0. The van der Waals surface area contributed by atoms with Crippen molar-refractivity contribution in [2.45, 2.75) is 6.92 Å². The van der Waals surface area contributed by atoms with Crippen LogP contribution in [0.2, 0.25) is 0 Å². The van der Waals surface area contributed by atoms with Gasteiger partial charge in [0.05, 0.1) is 6.20 Å². The van der Waals surface area contributed by atoms with Crippen molar-refractivity contribution in [2.24, 2.45) is 0 Å². The van der Waals surface area contributed by atoms with Gasteiger partial charge in [-0.15, -0.1) is 5.10 Å². The highest BCUT2D eigenvalue weighted by Crippen LogP contribution is 2.02. The van der Waals surface area contributed by atoms with Crippen molar-refractivity contribution >= 4 is 5.76 Å². The number of aromatic nitrogens is 3. The van der Waals surface area contributed by atoms with Gasteiger partial charge in [-0.05, 0) is 13.0 Å². The van der Waals surface area contributed by atoms with Gasteiger partial charge in [0.1, 0.15) is 11.5 Å². The molecule has 0 unspecified atom stereocenters. The maximum atomic E-state index is 8.96. The van der Waals surface area contributed by atoms with E-state index in [1.165, 1.54) is 6.20 Å². The summed E-state index contributed by atoms with van der Waals surface area (Å²) in [4.78, 5) is 0. The fourth-order valence-corrected chi connectivity index (χ4v) is 0.475. The van der Waals surface area contributed by atoms with Gasteiger partial charge in [-0.25, -0.2) is 0 Å². The predicted molar refractivity (Wildman–Crippen MR) is 32.7 cm³/mol. The second-order valence-corrected chi connectivity index (χ2v) is 1.53. The Labute approximate surface area is 52.2 Å². The van der Waals surface area contributed by atoms with Gasteiger partial charge in [0, 0.05) is 0 Å². The molecule has 0 aliphatic rings. The lowest BCUT2D eigenvalue weighted by atomic mass is 10.4. The predicted octanol–water partition coefficient (Wildman–Crippen LogP) is 0.724. The standard InChI is InChI=1S/C5H7N3O/c1-2-5(9)4-3-6-8-7-4/h2-3,9H,1H3,(H,6,7,8). The zero-order chi connectivity index (χ0) is 6.69. The Morgan fingerprint density at radius 2 is 2.67 bits per heavy atom. The monoisotopic (exact) mass is 125 g/mol. The first-order chi connectivity index (χ1) is 4.34. The molecule has 9 heavy (non-hydrogen) atoms. The van der Waals surface area contributed by atoms with Crippen molar-refractivity contribution < 1.29 is 5.11 Å². The van der Waals surface area contributed by atoms with Gasteiger partial charge in [-0.3, -0.25) is 5.10 Å². The van der Waals surface area contributed by atoms with Crippen molar-refractivity contribution in [3.63, 3.8) is 0 Å². The summed E-state index contributed by atoms with van der Waals surface area (Å²) in [5.41, 5.74) is 0.470. The van der Waals surface area contributed by atoms with E-state index >= 15 is 0 Å². The molecule has 0 atom stereocenters. The third-order valence-electron chi connectivity index (χ3n) is 0.953. The summed E-state index contributed by atoms with van der Waals surface area (Å²) in [6.45, 7) is 1.73. The van der Waals surface area contributed by atoms with Crippen LogP contribution in [-0.2, 0) is 0 Å². The molecule has 0 bridgehead atoms. The lowest BCUT2D eigenvalue weighted by molar-refractivity contribution is 0.507. The molecule has 1 heterocycles. The van der Waals surface area contributed by atoms with Gasteiger partial charge < -0.3 is 5.11 Å². The molecule has 4 nitrogen and oxygen atoms in total. The van der Waals surface area contributed by atoms with Crippen LogP contribution in [0.5, 0.6) is 0 Å². The average molecular weight is 125 g/mol. The zero-order valence-corrected chi connectivity index (χ0v) is 5.00. The molecule has 1 aromatic heterocycles. The summed E-state index contributed by atoms with van der Waals surface area (Å²) < 4.78 is 0. The number of allylic oxidation sites excluding steroid dienone is 1. The summed E-state index contributed by atoms with van der Waals surface area (Å²) in [5, 5.41) is 18.4. The number of nitrogens with zero attached hydrogens (tertiary/aromatic N) is 2. The minimum Gasteiger partial charge on any atom is -0.506 e. The number of aliphatic hydroxyl groups excluding tert-OH is 1. The Balaban J connectivity index is 2.90. The first kappa shape index (κ1) is 5.81. The van der Waals surface area contributed by atoms with Crippen LogP contribution in [0.15, 0.2) is 12.3 Å². The van der Waals surface area contributed by atoms with E-state index in [0.29, 0.717) is 5.69 Å². The first-order valence-electron chi connectivity index (χ1n) is 2.56. The van der Waals surface area contributed by atoms with E-state index in [2.05, 4.69) is 15.4 Å². The number of rotatable bonds is 1. The molecular weight excluding hydrogens is 118 g/mol. The van der Waals surface area contributed by atoms with E-state index < -0.39 is 0 Å². The minimum absolute atomic E-state index is 0.142. The van der Waals surface area contributed by atoms with Crippen LogP contribution in [0.4, 0.5) is 0 Å². The molecule has 0 spiro atoms. The molecule has 0 fully saturated rings. The van der Waals surface area contributed by atoms with E-state index in [9.17, 15) is 0 Å². The van der Waals surface area contributed by atoms with E-state index in [0.717, 1.165) is 0 Å². The Morgan fingerprint density at radius 3 is 3.11 bits per heavy atom. The highest BCUT2D eigenvalue weighted by molar-refractivity contribution is 5.52. The van der Waals surface area contributed by atoms with Crippen LogP contribution in [0, 0.1) is 0 Å². The summed E-state index contributed by atoms with van der Waals surface area (Å²) in [5.74, 6) is 0.142. The number of hydrogen-bond acceptors (Lipinski definition) is 3. The van der Waals surface area contributed by atoms with Crippen LogP contribution < -0.4 is 0 Å². The molecule has 0 radical (unpaired) electrons. The SMILES string of the molecule is CC=C(O)c1c[nH]nn1. The molecule has 48 valence electrons. The first-order valence-corrected chi connectivity index (χ1v) is 2.56. The molecular formula is C5H7N3O. The van der Waals surface area contributed by atoms with Gasteiger partial charge in [-0.1, -0.05) is 5.21 Å². The van der Waals surface area contributed by atoms with Gasteiger partial charge in [0.2, 0.25) is 0 Å². The van der Waals surface area contributed by atoms with Crippen molar-refractivity contribution in [1.29, 1.82) is 0 Å². The van der Waals surface area contributed by atoms with Crippen LogP contribution in [0.3, 0.4) is 0 Å². The molecule has 1 rings (SSSR count). The van der Waals surface area contributed by atoms with Crippen LogP contribution >= 0.6 is 0 Å². The highest BCUT2D eigenvalue weighted by Gasteiger charge is 1.97. The van der Waals surface area contributed by atoms with E-state index in [4.69, 9.17) is 5.11 Å². The fraction of sp³-hybridized carbons (Fsp3) is 0.200. The van der Waals surface area contributed by atoms with Crippen LogP contribution in [0.1, 0.15) is 12.6 Å². The number of H-pyrrole nitrogens is 1. The van der Waals surface area contributed by atoms with Crippen LogP contribution in [-0.4, -0.2) is 20.5 Å². The Morgan fingerprint density at radius 1 is 1.89 bits per heavy atom. The molecule has 0 aromatic carbocycles. The van der Waals surface area contributed by atoms with Crippen molar-refractivity contribution in [3.05, 3.63) is 18.0 Å². The van der Waals surface area contributed by atoms with Crippen LogP contribution in [0.25, 0.3) is 5.76 Å². The van der Waals surface area contributed by atoms with E-state index in [1.807, 2.05) is 0 Å². The molecule has 0 amide bonds. The molecule has 0 saturated heterocycles. The molecule has 4 heteroatoms. The largest absolute Gasteiger partial charge is 0.506 e. The number of aliphatic hydroxyl groups is 1. The maximum Gasteiger partial charge on any atom is 0.146 e. The van der Waals surface area contributed by atoms with E-state index in [-0.39, 0.29) is 5.76 Å². The summed E-state index contributed by atoms with van der Waals surface area (Å²) in [6.07, 6.45) is 3.08. The third-order valence-corrected chi connectivity index (χ3v) is 0.953. The number of nitrogens with one attached hydrogen (secondary N) is 1. The number of hydrogen-bond donors (Lipinski definition) is 2. The Hall–Kier alpha value is -1.32.